The van der Waals surface area contributed by atoms with Gasteiger partial charge in [-0.15, -0.1) is 0 Å². The molecule has 1 aromatic heterocycles. The van der Waals surface area contributed by atoms with Crippen LogP contribution in [-0.4, -0.2) is 35.0 Å². The first-order valence-electron chi connectivity index (χ1n) is 9.43. The van der Waals surface area contributed by atoms with Crippen LogP contribution in [0.15, 0.2) is 23.0 Å². The predicted molar refractivity (Wildman–Crippen MR) is 88.7 cm³/mol. The monoisotopic (exact) mass is 346 g/mol. The molecular weight excluding hydrogens is 320 g/mol. The highest BCUT2D eigenvalue weighted by molar-refractivity contribution is 5.80. The van der Waals surface area contributed by atoms with Gasteiger partial charge in [-0.05, 0) is 44.2 Å². The molecular formula is C20H26O5. The summed E-state index contributed by atoms with van der Waals surface area (Å²) in [4.78, 5) is 12.6. The Balaban J connectivity index is 1.56. The van der Waals surface area contributed by atoms with Crippen molar-refractivity contribution in [1.82, 2.24) is 0 Å². The van der Waals surface area contributed by atoms with Gasteiger partial charge in [-0.25, -0.2) is 0 Å². The van der Waals surface area contributed by atoms with Crippen LogP contribution in [0.25, 0.3) is 0 Å². The van der Waals surface area contributed by atoms with Gasteiger partial charge in [0.1, 0.15) is 17.3 Å². The van der Waals surface area contributed by atoms with Gasteiger partial charge in [0.05, 0.1) is 24.5 Å². The first kappa shape index (κ1) is 15.9. The average Bonchev–Trinajstić information content (AvgIpc) is 3.05. The van der Waals surface area contributed by atoms with Crippen LogP contribution in [0.4, 0.5) is 0 Å². The Morgan fingerprint density at radius 1 is 1.32 bits per heavy atom. The number of furan rings is 1. The summed E-state index contributed by atoms with van der Waals surface area (Å²) in [6.07, 6.45) is 7.98. The molecule has 4 aliphatic rings. The van der Waals surface area contributed by atoms with Gasteiger partial charge in [-0.3, -0.25) is 4.79 Å². The van der Waals surface area contributed by atoms with Gasteiger partial charge in [-0.2, -0.15) is 0 Å². The van der Waals surface area contributed by atoms with Crippen molar-refractivity contribution >= 4 is 5.97 Å². The first-order valence-corrected chi connectivity index (χ1v) is 9.43. The Bertz CT molecular complexity index is 708. The normalized spacial score (nSPS) is 50.6. The molecule has 5 rings (SSSR count). The standard InChI is InChI=1S/C20H26O5/c1-17-6-3-7-18(2)15(17)14(25-16(17)21)10-19(12-24-19)20(18,22)8-4-13-5-9-23-11-13/h5,9,11,14-15,22H,3-4,6-8,10,12H2,1-2H3/t14-,15+,17+,18+,19-,20+/m0/s1. The molecule has 1 spiro atoms. The zero-order chi connectivity index (χ0) is 17.5. The molecule has 2 saturated carbocycles. The van der Waals surface area contributed by atoms with Crippen molar-refractivity contribution in [1.29, 1.82) is 0 Å². The number of ether oxygens (including phenoxy) is 2. The number of hydrogen-bond acceptors (Lipinski definition) is 5. The molecule has 2 saturated heterocycles. The molecule has 6 atom stereocenters. The molecule has 2 aliphatic carbocycles. The molecule has 0 bridgehead atoms. The molecule has 3 heterocycles. The maximum Gasteiger partial charge on any atom is 0.312 e. The lowest BCUT2D eigenvalue weighted by Crippen LogP contribution is -2.69. The molecule has 1 aromatic rings. The topological polar surface area (TPSA) is 72.2 Å². The summed E-state index contributed by atoms with van der Waals surface area (Å²) in [5.41, 5.74) is -1.27. The zero-order valence-corrected chi connectivity index (χ0v) is 14.9. The smallest absolute Gasteiger partial charge is 0.312 e. The summed E-state index contributed by atoms with van der Waals surface area (Å²) in [7, 11) is 0. The lowest BCUT2D eigenvalue weighted by atomic mass is 9.43. The number of hydrogen-bond donors (Lipinski definition) is 1. The quantitative estimate of drug-likeness (QED) is 0.673. The second-order valence-corrected chi connectivity index (χ2v) is 9.09. The number of rotatable bonds is 3. The molecule has 5 nitrogen and oxygen atoms in total. The SMILES string of the molecule is C[C@@]12CCC[C@]3(C)[C@@H]1[C@H](C[C@]1(CO1)[C@@]3(O)CCc1ccoc1)OC2=O. The summed E-state index contributed by atoms with van der Waals surface area (Å²) in [6.45, 7) is 4.77. The van der Waals surface area contributed by atoms with E-state index in [9.17, 15) is 9.90 Å². The van der Waals surface area contributed by atoms with E-state index >= 15 is 0 Å². The molecule has 0 amide bonds. The van der Waals surface area contributed by atoms with Crippen molar-refractivity contribution in [2.75, 3.05) is 6.61 Å². The number of aliphatic hydroxyl groups is 1. The Morgan fingerprint density at radius 2 is 2.12 bits per heavy atom. The van der Waals surface area contributed by atoms with E-state index in [1.54, 1.807) is 12.5 Å². The molecule has 2 aliphatic heterocycles. The lowest BCUT2D eigenvalue weighted by Gasteiger charge is -2.61. The minimum atomic E-state index is -0.950. The third-order valence-electron chi connectivity index (χ3n) is 7.94. The summed E-state index contributed by atoms with van der Waals surface area (Å²) in [5, 5.41) is 12.1. The van der Waals surface area contributed by atoms with Gasteiger partial charge in [0, 0.05) is 17.8 Å². The van der Waals surface area contributed by atoms with Crippen molar-refractivity contribution in [3.8, 4) is 0 Å². The van der Waals surface area contributed by atoms with Gasteiger partial charge in [0.15, 0.2) is 0 Å². The highest BCUT2D eigenvalue weighted by Gasteiger charge is 2.79. The first-order chi connectivity index (χ1) is 11.8. The van der Waals surface area contributed by atoms with E-state index in [2.05, 4.69) is 6.92 Å². The van der Waals surface area contributed by atoms with E-state index in [-0.39, 0.29) is 23.4 Å². The van der Waals surface area contributed by atoms with E-state index in [1.807, 2.05) is 13.0 Å². The molecule has 5 heteroatoms. The molecule has 136 valence electrons. The van der Waals surface area contributed by atoms with Crippen LogP contribution in [0.5, 0.6) is 0 Å². The molecule has 0 aromatic carbocycles. The number of aryl methyl sites for hydroxylation is 1. The van der Waals surface area contributed by atoms with Gasteiger partial charge in [0.2, 0.25) is 0 Å². The largest absolute Gasteiger partial charge is 0.472 e. The van der Waals surface area contributed by atoms with Gasteiger partial charge in [-0.1, -0.05) is 13.3 Å². The molecule has 1 N–H and O–H groups in total. The third-order valence-corrected chi connectivity index (χ3v) is 7.94. The summed E-state index contributed by atoms with van der Waals surface area (Å²) in [5.74, 6) is -0.0197. The fourth-order valence-corrected chi connectivity index (χ4v) is 6.58. The summed E-state index contributed by atoms with van der Waals surface area (Å²) >= 11 is 0. The lowest BCUT2D eigenvalue weighted by molar-refractivity contribution is -0.227. The van der Waals surface area contributed by atoms with Crippen LogP contribution >= 0.6 is 0 Å². The maximum absolute atomic E-state index is 12.6. The predicted octanol–water partition coefficient (Wildman–Crippen LogP) is 2.85. The third kappa shape index (κ3) is 1.78. The van der Waals surface area contributed by atoms with Gasteiger partial charge in [0.25, 0.3) is 0 Å². The van der Waals surface area contributed by atoms with Crippen LogP contribution in [0, 0.1) is 16.7 Å². The Hall–Kier alpha value is -1.33. The van der Waals surface area contributed by atoms with Crippen molar-refractivity contribution in [3.05, 3.63) is 24.2 Å². The Morgan fingerprint density at radius 3 is 2.80 bits per heavy atom. The molecule has 25 heavy (non-hydrogen) atoms. The highest BCUT2D eigenvalue weighted by atomic mass is 16.6. The van der Waals surface area contributed by atoms with Crippen molar-refractivity contribution < 1.29 is 23.8 Å². The van der Waals surface area contributed by atoms with E-state index in [0.717, 1.165) is 31.2 Å². The van der Waals surface area contributed by atoms with Crippen LogP contribution < -0.4 is 0 Å². The summed E-state index contributed by atoms with van der Waals surface area (Å²) in [6, 6.07) is 1.95. The van der Waals surface area contributed by atoms with E-state index in [0.29, 0.717) is 19.4 Å². The second-order valence-electron chi connectivity index (χ2n) is 9.09. The van der Waals surface area contributed by atoms with E-state index in [1.165, 1.54) is 0 Å². The minimum Gasteiger partial charge on any atom is -0.472 e. The van der Waals surface area contributed by atoms with Gasteiger partial charge >= 0.3 is 5.97 Å². The van der Waals surface area contributed by atoms with Crippen LogP contribution in [0.3, 0.4) is 0 Å². The molecule has 0 unspecified atom stereocenters. The Kier molecular flexibility index (Phi) is 2.98. The number of carbonyl (C=O) groups excluding carboxylic acids is 1. The maximum atomic E-state index is 12.6. The van der Waals surface area contributed by atoms with Crippen LogP contribution in [-0.2, 0) is 20.7 Å². The van der Waals surface area contributed by atoms with Gasteiger partial charge < -0.3 is 19.0 Å². The van der Waals surface area contributed by atoms with E-state index < -0.39 is 16.6 Å². The zero-order valence-electron chi connectivity index (χ0n) is 14.9. The second kappa shape index (κ2) is 4.68. The highest BCUT2D eigenvalue weighted by Crippen LogP contribution is 2.70. The van der Waals surface area contributed by atoms with Crippen LogP contribution in [0.2, 0.25) is 0 Å². The average molecular weight is 346 g/mol. The number of esters is 1. The fraction of sp³-hybridized carbons (Fsp3) is 0.750. The minimum absolute atomic E-state index is 0.0606. The van der Waals surface area contributed by atoms with Crippen LogP contribution in [0.1, 0.15) is 51.5 Å². The van der Waals surface area contributed by atoms with E-state index in [4.69, 9.17) is 13.9 Å². The van der Waals surface area contributed by atoms with Crippen molar-refractivity contribution in [2.24, 2.45) is 16.7 Å². The van der Waals surface area contributed by atoms with Crippen molar-refractivity contribution in [3.63, 3.8) is 0 Å². The summed E-state index contributed by atoms with van der Waals surface area (Å²) < 4.78 is 16.9. The number of epoxide rings is 1. The number of carbonyl (C=O) groups is 1. The molecule has 4 fully saturated rings. The Labute approximate surface area is 147 Å². The fourth-order valence-electron chi connectivity index (χ4n) is 6.58. The molecule has 0 radical (unpaired) electrons. The van der Waals surface area contributed by atoms with Crippen molar-refractivity contribution in [2.45, 2.75) is 69.7 Å².